The molecule has 1 aromatic heterocycles. The number of aromatic nitrogens is 2. The summed E-state index contributed by atoms with van der Waals surface area (Å²) in [6.45, 7) is 2.94. The first-order valence-electron chi connectivity index (χ1n) is 9.38. The van der Waals surface area contributed by atoms with Crippen molar-refractivity contribution in [3.8, 4) is 11.5 Å². The molecule has 0 amide bonds. The molecular formula is C21H24ClFN4O2. The summed E-state index contributed by atoms with van der Waals surface area (Å²) in [6.07, 6.45) is 3.30. The van der Waals surface area contributed by atoms with E-state index in [0.29, 0.717) is 28.2 Å². The molecule has 6 nitrogen and oxygen atoms in total. The van der Waals surface area contributed by atoms with E-state index in [1.807, 2.05) is 20.0 Å². The third-order valence-electron chi connectivity index (χ3n) is 4.49. The Bertz CT molecular complexity index is 986. The molecule has 0 aliphatic heterocycles. The topological polar surface area (TPSA) is 68.3 Å². The van der Waals surface area contributed by atoms with Crippen LogP contribution in [0.2, 0.25) is 5.02 Å². The van der Waals surface area contributed by atoms with E-state index in [4.69, 9.17) is 21.1 Å². The Hall–Kier alpha value is -2.64. The third-order valence-corrected chi connectivity index (χ3v) is 4.78. The van der Waals surface area contributed by atoms with Crippen molar-refractivity contribution in [1.29, 1.82) is 0 Å². The lowest BCUT2D eigenvalue weighted by Gasteiger charge is -2.18. The van der Waals surface area contributed by atoms with E-state index < -0.39 is 5.82 Å². The molecular weight excluding hydrogens is 395 g/mol. The van der Waals surface area contributed by atoms with Crippen LogP contribution in [0.5, 0.6) is 11.5 Å². The second kappa shape index (κ2) is 9.71. The van der Waals surface area contributed by atoms with Crippen LogP contribution in [0.3, 0.4) is 0 Å². The molecule has 0 saturated heterocycles. The average molecular weight is 419 g/mol. The van der Waals surface area contributed by atoms with Crippen LogP contribution < -0.4 is 20.1 Å². The zero-order chi connectivity index (χ0) is 20.8. The number of ether oxygens (including phenoxy) is 2. The average Bonchev–Trinajstić information content (AvgIpc) is 2.71. The smallest absolute Gasteiger partial charge is 0.165 e. The largest absolute Gasteiger partial charge is 0.493 e. The molecule has 29 heavy (non-hydrogen) atoms. The molecule has 1 atom stereocenters. The van der Waals surface area contributed by atoms with E-state index in [2.05, 4.69) is 20.6 Å². The fourth-order valence-electron chi connectivity index (χ4n) is 2.99. The molecule has 2 N–H and O–H groups in total. The summed E-state index contributed by atoms with van der Waals surface area (Å²) >= 11 is 5.88. The SMILES string of the molecule is CNCCCC(C)Oc1cc2c(Nc3cccc(Cl)c3F)ncnc2cc1OC. The van der Waals surface area contributed by atoms with E-state index in [1.54, 1.807) is 25.3 Å². The zero-order valence-electron chi connectivity index (χ0n) is 16.6. The van der Waals surface area contributed by atoms with Crippen LogP contribution in [0, 0.1) is 5.82 Å². The highest BCUT2D eigenvalue weighted by atomic mass is 35.5. The third kappa shape index (κ3) is 5.05. The van der Waals surface area contributed by atoms with Gasteiger partial charge in [-0.15, -0.1) is 0 Å². The Kier molecular flexibility index (Phi) is 7.06. The fraction of sp³-hybridized carbons (Fsp3) is 0.333. The Morgan fingerprint density at radius 2 is 2.03 bits per heavy atom. The van der Waals surface area contributed by atoms with Crippen molar-refractivity contribution in [2.75, 3.05) is 26.0 Å². The fourth-order valence-corrected chi connectivity index (χ4v) is 3.16. The van der Waals surface area contributed by atoms with Crippen molar-refractivity contribution in [2.24, 2.45) is 0 Å². The number of fused-ring (bicyclic) bond motifs is 1. The minimum absolute atomic E-state index is 0.00103. The van der Waals surface area contributed by atoms with Crippen molar-refractivity contribution < 1.29 is 13.9 Å². The number of hydrogen-bond donors (Lipinski definition) is 2. The van der Waals surface area contributed by atoms with Crippen molar-refractivity contribution in [3.05, 3.63) is 47.5 Å². The first-order valence-corrected chi connectivity index (χ1v) is 9.76. The highest BCUT2D eigenvalue weighted by Crippen LogP contribution is 2.36. The normalized spacial score (nSPS) is 12.0. The van der Waals surface area contributed by atoms with E-state index in [9.17, 15) is 4.39 Å². The minimum atomic E-state index is -0.538. The monoisotopic (exact) mass is 418 g/mol. The lowest BCUT2D eigenvalue weighted by atomic mass is 10.2. The maximum atomic E-state index is 14.3. The van der Waals surface area contributed by atoms with Gasteiger partial charge in [-0.2, -0.15) is 0 Å². The summed E-state index contributed by atoms with van der Waals surface area (Å²) in [5.41, 5.74) is 0.883. The van der Waals surface area contributed by atoms with E-state index in [1.165, 1.54) is 12.4 Å². The maximum absolute atomic E-state index is 14.3. The van der Waals surface area contributed by atoms with Crippen molar-refractivity contribution in [3.63, 3.8) is 0 Å². The lowest BCUT2D eigenvalue weighted by molar-refractivity contribution is 0.199. The number of methoxy groups -OCH3 is 1. The molecule has 154 valence electrons. The molecule has 2 aromatic carbocycles. The van der Waals surface area contributed by atoms with E-state index in [-0.39, 0.29) is 16.8 Å². The number of rotatable bonds is 9. The number of nitrogens with one attached hydrogen (secondary N) is 2. The van der Waals surface area contributed by atoms with Crippen LogP contribution in [0.15, 0.2) is 36.7 Å². The van der Waals surface area contributed by atoms with Gasteiger partial charge in [0.15, 0.2) is 17.3 Å². The molecule has 3 rings (SSSR count). The van der Waals surface area contributed by atoms with Crippen LogP contribution in [0.1, 0.15) is 19.8 Å². The molecule has 1 unspecified atom stereocenters. The second-order valence-electron chi connectivity index (χ2n) is 6.64. The van der Waals surface area contributed by atoms with Crippen LogP contribution in [-0.2, 0) is 0 Å². The van der Waals surface area contributed by atoms with Crippen LogP contribution >= 0.6 is 11.6 Å². The van der Waals surface area contributed by atoms with Crippen molar-refractivity contribution in [1.82, 2.24) is 15.3 Å². The van der Waals surface area contributed by atoms with Gasteiger partial charge >= 0.3 is 0 Å². The first kappa shape index (κ1) is 21.1. The predicted octanol–water partition coefficient (Wildman–Crippen LogP) is 4.94. The predicted molar refractivity (Wildman–Crippen MR) is 114 cm³/mol. The van der Waals surface area contributed by atoms with Gasteiger partial charge in [-0.3, -0.25) is 0 Å². The summed E-state index contributed by atoms with van der Waals surface area (Å²) in [7, 11) is 3.51. The Morgan fingerprint density at radius 1 is 1.21 bits per heavy atom. The van der Waals surface area contributed by atoms with Crippen LogP contribution in [0.25, 0.3) is 10.9 Å². The first-order chi connectivity index (χ1) is 14.0. The van der Waals surface area contributed by atoms with Crippen molar-refractivity contribution in [2.45, 2.75) is 25.9 Å². The second-order valence-corrected chi connectivity index (χ2v) is 7.05. The lowest BCUT2D eigenvalue weighted by Crippen LogP contribution is -2.16. The number of hydrogen-bond acceptors (Lipinski definition) is 6. The summed E-state index contributed by atoms with van der Waals surface area (Å²) < 4.78 is 25.9. The van der Waals surface area contributed by atoms with Gasteiger partial charge in [0, 0.05) is 11.5 Å². The molecule has 0 fully saturated rings. The zero-order valence-corrected chi connectivity index (χ0v) is 17.4. The quantitative estimate of drug-likeness (QED) is 0.479. The summed E-state index contributed by atoms with van der Waals surface area (Å²) in [4.78, 5) is 8.57. The molecule has 0 radical (unpaired) electrons. The van der Waals surface area contributed by atoms with Crippen molar-refractivity contribution >= 4 is 34.0 Å². The summed E-state index contributed by atoms with van der Waals surface area (Å²) in [5.74, 6) is 1.08. The summed E-state index contributed by atoms with van der Waals surface area (Å²) in [5, 5.41) is 6.85. The highest BCUT2D eigenvalue weighted by molar-refractivity contribution is 6.31. The molecule has 0 spiro atoms. The van der Waals surface area contributed by atoms with Crippen LogP contribution in [0.4, 0.5) is 15.9 Å². The minimum Gasteiger partial charge on any atom is -0.493 e. The van der Waals surface area contributed by atoms with Gasteiger partial charge in [-0.05, 0) is 51.6 Å². The number of anilines is 2. The van der Waals surface area contributed by atoms with E-state index >= 15 is 0 Å². The molecule has 0 aliphatic rings. The number of benzene rings is 2. The molecule has 1 heterocycles. The maximum Gasteiger partial charge on any atom is 0.165 e. The number of nitrogens with zero attached hydrogens (tertiary/aromatic N) is 2. The van der Waals surface area contributed by atoms with Gasteiger partial charge in [0.25, 0.3) is 0 Å². The standard InChI is InChI=1S/C21H24ClFN4O2/c1-13(6-5-9-24-2)29-19-10-14-17(11-18(19)28-3)25-12-26-21(14)27-16-8-4-7-15(22)20(16)23/h4,7-8,10-13,24H,5-6,9H2,1-3H3,(H,25,26,27). The molecule has 3 aromatic rings. The molecule has 0 saturated carbocycles. The van der Waals surface area contributed by atoms with Crippen LogP contribution in [-0.4, -0.2) is 36.8 Å². The molecule has 0 aliphatic carbocycles. The van der Waals surface area contributed by atoms with Gasteiger partial charge in [0.2, 0.25) is 0 Å². The van der Waals surface area contributed by atoms with Gasteiger partial charge < -0.3 is 20.1 Å². The molecule has 8 heteroatoms. The molecule has 0 bridgehead atoms. The Balaban J connectivity index is 1.94. The van der Waals surface area contributed by atoms with Gasteiger partial charge in [0.1, 0.15) is 12.1 Å². The van der Waals surface area contributed by atoms with E-state index in [0.717, 1.165) is 19.4 Å². The van der Waals surface area contributed by atoms with Gasteiger partial charge in [0.05, 0.1) is 29.4 Å². The van der Waals surface area contributed by atoms with Gasteiger partial charge in [-0.25, -0.2) is 14.4 Å². The number of halogens is 2. The highest BCUT2D eigenvalue weighted by Gasteiger charge is 2.15. The Morgan fingerprint density at radius 3 is 2.79 bits per heavy atom. The Labute approximate surface area is 174 Å². The summed E-state index contributed by atoms with van der Waals surface area (Å²) in [6, 6.07) is 8.35. The van der Waals surface area contributed by atoms with Gasteiger partial charge in [-0.1, -0.05) is 17.7 Å².